The van der Waals surface area contributed by atoms with Gasteiger partial charge >= 0.3 is 5.97 Å². The van der Waals surface area contributed by atoms with Crippen LogP contribution < -0.4 is 0 Å². The summed E-state index contributed by atoms with van der Waals surface area (Å²) in [6.07, 6.45) is 0. The number of halogens is 1. The molecule has 1 heterocycles. The van der Waals surface area contributed by atoms with Crippen molar-refractivity contribution < 1.29 is 23.5 Å². The summed E-state index contributed by atoms with van der Waals surface area (Å²) in [4.78, 5) is 41.8. The number of nitrogens with zero attached hydrogens (tertiary/aromatic N) is 1. The van der Waals surface area contributed by atoms with E-state index < -0.39 is 5.97 Å². The number of aryl methyl sites for hydroxylation is 1. The van der Waals surface area contributed by atoms with Crippen LogP contribution in [0.2, 0.25) is 0 Å². The van der Waals surface area contributed by atoms with Crippen LogP contribution in [0.5, 0.6) is 0 Å². The van der Waals surface area contributed by atoms with Crippen LogP contribution in [0, 0.1) is 25.6 Å². The first-order valence-corrected chi connectivity index (χ1v) is 8.99. The number of ether oxygens (including phenoxy) is 1. The zero-order valence-corrected chi connectivity index (χ0v) is 16.8. The first kappa shape index (κ1) is 21.3. The zero-order chi connectivity index (χ0) is 21.0. The standard InChI is InChI=1S/C21H25FN2O4/c1-12(2)20(26)24(10-15-6-8-16(22)9-7-15)11-17(25)18-13(3)19(21(27)28-5)23-14(18)4/h6-9,12,23H,10-11H2,1-5H3. The Bertz CT molecular complexity index is 885. The smallest absolute Gasteiger partial charge is 0.354 e. The number of aromatic amines is 1. The molecule has 0 radical (unpaired) electrons. The van der Waals surface area contributed by atoms with E-state index in [1.165, 1.54) is 24.1 Å². The Balaban J connectivity index is 2.30. The zero-order valence-electron chi connectivity index (χ0n) is 16.8. The molecule has 1 amide bonds. The Morgan fingerprint density at radius 3 is 2.29 bits per heavy atom. The van der Waals surface area contributed by atoms with Crippen LogP contribution in [0.4, 0.5) is 4.39 Å². The van der Waals surface area contributed by atoms with Gasteiger partial charge in [-0.15, -0.1) is 0 Å². The van der Waals surface area contributed by atoms with Gasteiger partial charge < -0.3 is 14.6 Å². The molecule has 6 nitrogen and oxygen atoms in total. The minimum Gasteiger partial charge on any atom is -0.464 e. The van der Waals surface area contributed by atoms with Crippen LogP contribution in [0.25, 0.3) is 0 Å². The van der Waals surface area contributed by atoms with Crippen molar-refractivity contribution in [1.29, 1.82) is 0 Å². The molecule has 28 heavy (non-hydrogen) atoms. The molecule has 0 aliphatic rings. The molecular weight excluding hydrogens is 363 g/mol. The number of hydrogen-bond acceptors (Lipinski definition) is 4. The molecule has 150 valence electrons. The molecule has 1 N–H and O–H groups in total. The maximum atomic E-state index is 13.2. The van der Waals surface area contributed by atoms with Crippen molar-refractivity contribution in [2.24, 2.45) is 5.92 Å². The van der Waals surface area contributed by atoms with Crippen molar-refractivity contribution in [1.82, 2.24) is 9.88 Å². The van der Waals surface area contributed by atoms with Crippen LogP contribution in [0.15, 0.2) is 24.3 Å². The van der Waals surface area contributed by atoms with E-state index in [2.05, 4.69) is 4.98 Å². The quantitative estimate of drug-likeness (QED) is 0.582. The number of carbonyl (C=O) groups is 3. The van der Waals surface area contributed by atoms with Gasteiger partial charge in [0.25, 0.3) is 0 Å². The third-order valence-electron chi connectivity index (χ3n) is 4.53. The third-order valence-corrected chi connectivity index (χ3v) is 4.53. The number of H-pyrrole nitrogens is 1. The lowest BCUT2D eigenvalue weighted by Gasteiger charge is -2.24. The molecule has 7 heteroatoms. The molecule has 1 aromatic carbocycles. The highest BCUT2D eigenvalue weighted by molar-refractivity contribution is 6.04. The molecule has 0 aliphatic heterocycles. The van der Waals surface area contributed by atoms with Crippen LogP contribution >= 0.6 is 0 Å². The van der Waals surface area contributed by atoms with E-state index >= 15 is 0 Å². The van der Waals surface area contributed by atoms with E-state index in [1.807, 2.05) is 0 Å². The summed E-state index contributed by atoms with van der Waals surface area (Å²) in [7, 11) is 1.27. The number of amides is 1. The fourth-order valence-electron chi connectivity index (χ4n) is 3.11. The second kappa shape index (κ2) is 8.82. The highest BCUT2D eigenvalue weighted by Gasteiger charge is 2.26. The maximum Gasteiger partial charge on any atom is 0.354 e. The number of aromatic nitrogens is 1. The molecule has 0 aliphatic carbocycles. The van der Waals surface area contributed by atoms with Gasteiger partial charge in [-0.05, 0) is 37.1 Å². The summed E-state index contributed by atoms with van der Waals surface area (Å²) >= 11 is 0. The topological polar surface area (TPSA) is 79.5 Å². The third kappa shape index (κ3) is 4.65. The van der Waals surface area contributed by atoms with Crippen LogP contribution in [-0.2, 0) is 16.1 Å². The molecule has 0 fully saturated rings. The van der Waals surface area contributed by atoms with Gasteiger partial charge in [0.05, 0.1) is 13.7 Å². The van der Waals surface area contributed by atoms with Gasteiger partial charge in [-0.1, -0.05) is 26.0 Å². The number of Topliss-reactive ketones (excluding diaryl/α,β-unsaturated/α-hetero) is 1. The van der Waals surface area contributed by atoms with Crippen LogP contribution in [-0.4, -0.2) is 41.2 Å². The van der Waals surface area contributed by atoms with E-state index in [1.54, 1.807) is 39.8 Å². The van der Waals surface area contributed by atoms with Gasteiger partial charge in [0.2, 0.25) is 5.91 Å². The Hall–Kier alpha value is -2.96. The molecule has 0 unspecified atom stereocenters. The highest BCUT2D eigenvalue weighted by atomic mass is 19.1. The predicted molar refractivity (Wildman–Crippen MR) is 103 cm³/mol. The molecule has 0 atom stereocenters. The van der Waals surface area contributed by atoms with Gasteiger partial charge in [-0.25, -0.2) is 9.18 Å². The highest BCUT2D eigenvalue weighted by Crippen LogP contribution is 2.20. The normalized spacial score (nSPS) is 10.8. The van der Waals surface area contributed by atoms with E-state index in [4.69, 9.17) is 4.74 Å². The average molecular weight is 388 g/mol. The second-order valence-electron chi connectivity index (χ2n) is 7.02. The van der Waals surface area contributed by atoms with Crippen molar-refractivity contribution >= 4 is 17.7 Å². The Kier molecular flexibility index (Phi) is 6.72. The number of ketones is 1. The Morgan fingerprint density at radius 2 is 1.75 bits per heavy atom. The summed E-state index contributed by atoms with van der Waals surface area (Å²) in [5, 5.41) is 0. The van der Waals surface area contributed by atoms with Gasteiger partial charge in [0, 0.05) is 23.7 Å². The number of esters is 1. The van der Waals surface area contributed by atoms with E-state index in [0.29, 0.717) is 16.8 Å². The summed E-state index contributed by atoms with van der Waals surface area (Å²) in [5.74, 6) is -1.68. The SMILES string of the molecule is COC(=O)c1[nH]c(C)c(C(=O)CN(Cc2ccc(F)cc2)C(=O)C(C)C)c1C. The number of carbonyl (C=O) groups excluding carboxylic acids is 3. The largest absolute Gasteiger partial charge is 0.464 e. The van der Waals surface area contributed by atoms with E-state index in [-0.39, 0.29) is 42.2 Å². The number of nitrogens with one attached hydrogen (secondary N) is 1. The second-order valence-corrected chi connectivity index (χ2v) is 7.02. The summed E-state index contributed by atoms with van der Waals surface area (Å²) in [6, 6.07) is 5.81. The fourth-order valence-corrected chi connectivity index (χ4v) is 3.11. The van der Waals surface area contributed by atoms with Gasteiger partial charge in [-0.3, -0.25) is 9.59 Å². The van der Waals surface area contributed by atoms with Gasteiger partial charge in [0.1, 0.15) is 11.5 Å². The molecular formula is C21H25FN2O4. The van der Waals surface area contributed by atoms with Crippen LogP contribution in [0.3, 0.4) is 0 Å². The fraction of sp³-hybridized carbons (Fsp3) is 0.381. The van der Waals surface area contributed by atoms with Crippen molar-refractivity contribution in [3.05, 3.63) is 58.2 Å². The first-order valence-electron chi connectivity index (χ1n) is 8.99. The van der Waals surface area contributed by atoms with E-state index in [9.17, 15) is 18.8 Å². The molecule has 0 saturated heterocycles. The average Bonchev–Trinajstić information content (AvgIpc) is 2.95. The summed E-state index contributed by atoms with van der Waals surface area (Å²) < 4.78 is 17.9. The monoisotopic (exact) mass is 388 g/mol. The lowest BCUT2D eigenvalue weighted by atomic mass is 10.0. The Labute approximate surface area is 163 Å². The maximum absolute atomic E-state index is 13.2. The molecule has 1 aromatic heterocycles. The number of hydrogen-bond donors (Lipinski definition) is 1. The molecule has 0 spiro atoms. The number of benzene rings is 1. The molecule has 0 bridgehead atoms. The van der Waals surface area contributed by atoms with Crippen molar-refractivity contribution in [2.75, 3.05) is 13.7 Å². The number of methoxy groups -OCH3 is 1. The summed E-state index contributed by atoms with van der Waals surface area (Å²) in [5.41, 5.74) is 2.36. The van der Waals surface area contributed by atoms with Gasteiger partial charge in [0.15, 0.2) is 5.78 Å². The van der Waals surface area contributed by atoms with Crippen molar-refractivity contribution in [3.8, 4) is 0 Å². The number of rotatable bonds is 7. The first-order chi connectivity index (χ1) is 13.1. The lowest BCUT2D eigenvalue weighted by molar-refractivity contribution is -0.134. The minimum atomic E-state index is -0.555. The summed E-state index contributed by atoms with van der Waals surface area (Å²) in [6.45, 7) is 6.92. The van der Waals surface area contributed by atoms with E-state index in [0.717, 1.165) is 5.56 Å². The molecule has 2 rings (SSSR count). The molecule has 0 saturated carbocycles. The molecule has 2 aromatic rings. The van der Waals surface area contributed by atoms with Crippen LogP contribution in [0.1, 0.15) is 51.5 Å². The van der Waals surface area contributed by atoms with Gasteiger partial charge in [-0.2, -0.15) is 0 Å². The Morgan fingerprint density at radius 1 is 1.14 bits per heavy atom. The minimum absolute atomic E-state index is 0.144. The lowest BCUT2D eigenvalue weighted by Crippen LogP contribution is -2.38. The predicted octanol–water partition coefficient (Wildman–Crippen LogP) is 3.42. The van der Waals surface area contributed by atoms with Crippen molar-refractivity contribution in [3.63, 3.8) is 0 Å². The van der Waals surface area contributed by atoms with Crippen molar-refractivity contribution in [2.45, 2.75) is 34.2 Å².